The van der Waals surface area contributed by atoms with Crippen LogP contribution >= 0.6 is 0 Å². The summed E-state index contributed by atoms with van der Waals surface area (Å²) in [5.74, 6) is -0.203. The Balaban J connectivity index is 2.26. The molecule has 0 aromatic heterocycles. The van der Waals surface area contributed by atoms with Crippen LogP contribution in [0.15, 0.2) is 12.2 Å². The Kier molecular flexibility index (Phi) is 3.11. The van der Waals surface area contributed by atoms with Crippen LogP contribution in [-0.4, -0.2) is 25.8 Å². The van der Waals surface area contributed by atoms with Gasteiger partial charge in [0.05, 0.1) is 26.2 Å². The van der Waals surface area contributed by atoms with E-state index < -0.39 is 0 Å². The summed E-state index contributed by atoms with van der Waals surface area (Å²) in [6.45, 7) is 0.613. The van der Waals surface area contributed by atoms with E-state index in [9.17, 15) is 4.79 Å². The molecule has 1 rings (SSSR count). The number of methoxy groups -OCH3 is 1. The maximum absolute atomic E-state index is 10.8. The molecular weight excluding hydrogens is 144 g/mol. The lowest BCUT2D eigenvalue weighted by atomic mass is 10.1. The van der Waals surface area contributed by atoms with Gasteiger partial charge < -0.3 is 9.47 Å². The predicted octanol–water partition coefficient (Wildman–Crippen LogP) is 0.895. The van der Waals surface area contributed by atoms with Gasteiger partial charge in [-0.2, -0.15) is 0 Å². The molecule has 0 radical (unpaired) electrons. The molecule has 0 fully saturated rings. The molecule has 0 spiro atoms. The third-order valence-electron chi connectivity index (χ3n) is 1.62. The molecule has 1 atom stereocenters. The quantitative estimate of drug-likeness (QED) is 0.440. The molecule has 3 nitrogen and oxygen atoms in total. The van der Waals surface area contributed by atoms with Crippen LogP contribution in [0.25, 0.3) is 0 Å². The van der Waals surface area contributed by atoms with Crippen molar-refractivity contribution in [2.75, 3.05) is 13.7 Å². The highest BCUT2D eigenvalue weighted by Crippen LogP contribution is 2.10. The fraction of sp³-hybridized carbons (Fsp3) is 0.625. The molecule has 11 heavy (non-hydrogen) atoms. The predicted molar refractivity (Wildman–Crippen MR) is 40.1 cm³/mol. The molecule has 1 heterocycles. The maximum Gasteiger partial charge on any atom is 0.308 e. The molecule has 1 aliphatic heterocycles. The third kappa shape index (κ3) is 2.72. The largest absolute Gasteiger partial charge is 0.469 e. The molecule has 1 unspecified atom stereocenters. The molecule has 0 saturated heterocycles. The van der Waals surface area contributed by atoms with Crippen LogP contribution < -0.4 is 0 Å². The van der Waals surface area contributed by atoms with E-state index in [-0.39, 0.29) is 12.1 Å². The Morgan fingerprint density at radius 2 is 2.55 bits per heavy atom. The number of carbonyl (C=O) groups excluding carboxylic acids is 1. The van der Waals surface area contributed by atoms with E-state index >= 15 is 0 Å². The second kappa shape index (κ2) is 4.13. The minimum atomic E-state index is -0.203. The maximum atomic E-state index is 10.8. The lowest BCUT2D eigenvalue weighted by Crippen LogP contribution is -2.20. The second-order valence-electron chi connectivity index (χ2n) is 2.44. The molecule has 0 saturated carbocycles. The molecule has 0 N–H and O–H groups in total. The Labute approximate surface area is 66.0 Å². The molecule has 0 aromatic rings. The van der Waals surface area contributed by atoms with Gasteiger partial charge in [-0.25, -0.2) is 0 Å². The first-order valence-corrected chi connectivity index (χ1v) is 3.66. The zero-order valence-electron chi connectivity index (χ0n) is 6.58. The number of ether oxygens (including phenoxy) is 2. The highest BCUT2D eigenvalue weighted by molar-refractivity contribution is 5.69. The molecular formula is C8H12O3. The first-order valence-electron chi connectivity index (χ1n) is 3.66. The summed E-state index contributed by atoms with van der Waals surface area (Å²) in [6, 6.07) is 0. The summed E-state index contributed by atoms with van der Waals surface area (Å²) >= 11 is 0. The minimum Gasteiger partial charge on any atom is -0.469 e. The zero-order valence-corrected chi connectivity index (χ0v) is 6.58. The molecule has 62 valence electrons. The Hall–Kier alpha value is -0.830. The van der Waals surface area contributed by atoms with Gasteiger partial charge in [-0.3, -0.25) is 4.79 Å². The zero-order chi connectivity index (χ0) is 8.10. The van der Waals surface area contributed by atoms with E-state index in [0.717, 1.165) is 6.42 Å². The number of hydrogen-bond donors (Lipinski definition) is 0. The number of carbonyl (C=O) groups is 1. The van der Waals surface area contributed by atoms with Crippen LogP contribution in [0.3, 0.4) is 0 Å². The van der Waals surface area contributed by atoms with Crippen molar-refractivity contribution in [1.29, 1.82) is 0 Å². The highest BCUT2D eigenvalue weighted by Gasteiger charge is 2.14. The van der Waals surface area contributed by atoms with Crippen LogP contribution in [-0.2, 0) is 14.3 Å². The summed E-state index contributed by atoms with van der Waals surface area (Å²) < 4.78 is 9.77. The van der Waals surface area contributed by atoms with Crippen molar-refractivity contribution in [3.63, 3.8) is 0 Å². The van der Waals surface area contributed by atoms with Crippen molar-refractivity contribution in [3.05, 3.63) is 12.2 Å². The van der Waals surface area contributed by atoms with Crippen LogP contribution in [0.5, 0.6) is 0 Å². The van der Waals surface area contributed by atoms with Crippen LogP contribution in [0, 0.1) is 0 Å². The van der Waals surface area contributed by atoms with Gasteiger partial charge in [-0.15, -0.1) is 0 Å². The van der Waals surface area contributed by atoms with Crippen LogP contribution in [0.4, 0.5) is 0 Å². The van der Waals surface area contributed by atoms with Gasteiger partial charge in [-0.05, 0) is 6.42 Å². The summed E-state index contributed by atoms with van der Waals surface area (Å²) in [7, 11) is 1.39. The first kappa shape index (κ1) is 8.27. The van der Waals surface area contributed by atoms with Crippen LogP contribution in [0.2, 0.25) is 0 Å². The van der Waals surface area contributed by atoms with Crippen molar-refractivity contribution < 1.29 is 14.3 Å². The van der Waals surface area contributed by atoms with Crippen molar-refractivity contribution in [2.24, 2.45) is 0 Å². The topological polar surface area (TPSA) is 35.5 Å². The van der Waals surface area contributed by atoms with Gasteiger partial charge in [-0.1, -0.05) is 12.2 Å². The molecule has 3 heteroatoms. The van der Waals surface area contributed by atoms with Crippen molar-refractivity contribution in [1.82, 2.24) is 0 Å². The average molecular weight is 156 g/mol. The minimum absolute atomic E-state index is 0.0208. The SMILES string of the molecule is COC(=O)CC1CC=CCO1. The monoisotopic (exact) mass is 156 g/mol. The average Bonchev–Trinajstić information content (AvgIpc) is 2.06. The summed E-state index contributed by atoms with van der Waals surface area (Å²) in [5.41, 5.74) is 0. The van der Waals surface area contributed by atoms with E-state index in [4.69, 9.17) is 4.74 Å². The van der Waals surface area contributed by atoms with Crippen molar-refractivity contribution >= 4 is 5.97 Å². The number of rotatable bonds is 2. The molecule has 1 aliphatic rings. The van der Waals surface area contributed by atoms with E-state index in [2.05, 4.69) is 4.74 Å². The van der Waals surface area contributed by atoms with Gasteiger partial charge in [0, 0.05) is 0 Å². The Bertz CT molecular complexity index is 163. The summed E-state index contributed by atoms with van der Waals surface area (Å²) in [4.78, 5) is 10.8. The molecule has 0 aromatic carbocycles. The Morgan fingerprint density at radius 3 is 3.09 bits per heavy atom. The van der Waals surface area contributed by atoms with E-state index in [1.807, 2.05) is 12.2 Å². The molecule has 0 bridgehead atoms. The fourth-order valence-corrected chi connectivity index (χ4v) is 0.987. The fourth-order valence-electron chi connectivity index (χ4n) is 0.987. The lowest BCUT2D eigenvalue weighted by molar-refractivity contribution is -0.143. The lowest BCUT2D eigenvalue weighted by Gasteiger charge is -2.16. The normalized spacial score (nSPS) is 23.2. The summed E-state index contributed by atoms with van der Waals surface area (Å²) in [6.07, 6.45) is 5.17. The molecule has 0 amide bonds. The Morgan fingerprint density at radius 1 is 1.73 bits per heavy atom. The standard InChI is InChI=1S/C8H12O3/c1-10-8(9)6-7-4-2-3-5-11-7/h2-3,7H,4-6H2,1H3. The van der Waals surface area contributed by atoms with Gasteiger partial charge >= 0.3 is 5.97 Å². The number of esters is 1. The smallest absolute Gasteiger partial charge is 0.308 e. The van der Waals surface area contributed by atoms with Crippen LogP contribution in [0.1, 0.15) is 12.8 Å². The first-order chi connectivity index (χ1) is 5.33. The van der Waals surface area contributed by atoms with E-state index in [1.165, 1.54) is 7.11 Å². The van der Waals surface area contributed by atoms with E-state index in [1.54, 1.807) is 0 Å². The van der Waals surface area contributed by atoms with Gasteiger partial charge in [0.25, 0.3) is 0 Å². The van der Waals surface area contributed by atoms with Crippen molar-refractivity contribution in [3.8, 4) is 0 Å². The number of hydrogen-bond acceptors (Lipinski definition) is 3. The van der Waals surface area contributed by atoms with Gasteiger partial charge in [0.15, 0.2) is 0 Å². The summed E-state index contributed by atoms with van der Waals surface area (Å²) in [5, 5.41) is 0. The van der Waals surface area contributed by atoms with Gasteiger partial charge in [0.2, 0.25) is 0 Å². The highest BCUT2D eigenvalue weighted by atomic mass is 16.5. The second-order valence-corrected chi connectivity index (χ2v) is 2.44. The van der Waals surface area contributed by atoms with E-state index in [0.29, 0.717) is 13.0 Å². The van der Waals surface area contributed by atoms with Crippen molar-refractivity contribution in [2.45, 2.75) is 18.9 Å². The van der Waals surface area contributed by atoms with Gasteiger partial charge in [0.1, 0.15) is 0 Å². The third-order valence-corrected chi connectivity index (χ3v) is 1.62. The molecule has 0 aliphatic carbocycles.